The Labute approximate surface area is 167 Å². The number of aryl methyl sites for hydroxylation is 1. The van der Waals surface area contributed by atoms with Gasteiger partial charge in [-0.15, -0.1) is 0 Å². The van der Waals surface area contributed by atoms with Crippen molar-refractivity contribution in [2.75, 3.05) is 5.32 Å². The molecule has 148 valence electrons. The third kappa shape index (κ3) is 4.27. The second kappa shape index (κ2) is 8.41. The number of aromatic amines is 1. The Morgan fingerprint density at radius 1 is 0.966 bits per heavy atom. The van der Waals surface area contributed by atoms with Crippen molar-refractivity contribution in [3.8, 4) is 0 Å². The molecule has 0 amide bonds. The van der Waals surface area contributed by atoms with Crippen molar-refractivity contribution in [2.45, 2.75) is 25.9 Å². The molecular weight excluding hydrogens is 372 g/mol. The van der Waals surface area contributed by atoms with Crippen molar-refractivity contribution in [3.63, 3.8) is 0 Å². The van der Waals surface area contributed by atoms with Gasteiger partial charge < -0.3 is 15.4 Å². The summed E-state index contributed by atoms with van der Waals surface area (Å²) in [6.45, 7) is -0.201. The van der Waals surface area contributed by atoms with Gasteiger partial charge in [-0.2, -0.15) is 0 Å². The minimum atomic E-state index is -0.567. The molecule has 4 nitrogen and oxygen atoms in total. The number of nitrogens with one attached hydrogen (secondary N) is 2. The van der Waals surface area contributed by atoms with Crippen LogP contribution in [0.1, 0.15) is 23.2 Å². The number of aliphatic hydroxyl groups excluding tert-OH is 1. The van der Waals surface area contributed by atoms with E-state index in [-0.39, 0.29) is 12.2 Å². The zero-order chi connectivity index (χ0) is 20.2. The largest absolute Gasteiger partial charge is 0.390 e. The molecule has 0 radical (unpaired) electrons. The van der Waals surface area contributed by atoms with E-state index in [1.165, 1.54) is 18.3 Å². The van der Waals surface area contributed by atoms with E-state index in [4.69, 9.17) is 5.11 Å². The topological polar surface area (TPSA) is 60.9 Å². The van der Waals surface area contributed by atoms with Crippen LogP contribution in [-0.4, -0.2) is 15.1 Å². The molecule has 6 heteroatoms. The van der Waals surface area contributed by atoms with Gasteiger partial charge in [0.05, 0.1) is 12.3 Å². The number of aliphatic hydroxyl groups is 1. The van der Waals surface area contributed by atoms with E-state index in [2.05, 4.69) is 15.3 Å². The fourth-order valence-electron chi connectivity index (χ4n) is 3.52. The van der Waals surface area contributed by atoms with Crippen LogP contribution in [0, 0.1) is 11.6 Å². The Bertz CT molecular complexity index is 1120. The fourth-order valence-corrected chi connectivity index (χ4v) is 3.52. The van der Waals surface area contributed by atoms with Crippen LogP contribution >= 0.6 is 0 Å². The van der Waals surface area contributed by atoms with Crippen LogP contribution in [0.15, 0.2) is 60.9 Å². The summed E-state index contributed by atoms with van der Waals surface area (Å²) in [7, 11) is 0. The lowest BCUT2D eigenvalue weighted by Gasteiger charge is -2.11. The van der Waals surface area contributed by atoms with Gasteiger partial charge in [0.25, 0.3) is 0 Å². The molecule has 3 N–H and O–H groups in total. The summed E-state index contributed by atoms with van der Waals surface area (Å²) in [6, 6.07) is 13.9. The first-order valence-electron chi connectivity index (χ1n) is 9.50. The average molecular weight is 393 g/mol. The zero-order valence-electron chi connectivity index (χ0n) is 15.8. The van der Waals surface area contributed by atoms with Crippen molar-refractivity contribution < 1.29 is 13.9 Å². The van der Waals surface area contributed by atoms with Gasteiger partial charge in [-0.25, -0.2) is 8.78 Å². The highest BCUT2D eigenvalue weighted by molar-refractivity contribution is 5.83. The summed E-state index contributed by atoms with van der Waals surface area (Å²) in [4.78, 5) is 7.20. The lowest BCUT2D eigenvalue weighted by molar-refractivity contribution is 0.277. The molecule has 0 aliphatic carbocycles. The van der Waals surface area contributed by atoms with Crippen LogP contribution in [0.5, 0.6) is 0 Å². The summed E-state index contributed by atoms with van der Waals surface area (Å²) in [5.74, 6) is -1.13. The Morgan fingerprint density at radius 3 is 2.55 bits per heavy atom. The standard InChI is InChI=1S/C23H21F2N3O/c24-21-11-17(28-16-8-9-26-18(10-16)14-29)12-22(25)20(21)6-3-4-15-13-27-23-7-2-1-5-19(15)23/h1-2,5,7-13,27,29H,3-4,6,14H2,(H,26,28). The number of pyridine rings is 1. The smallest absolute Gasteiger partial charge is 0.131 e. The number of H-pyrrole nitrogens is 1. The molecule has 2 aromatic carbocycles. The summed E-state index contributed by atoms with van der Waals surface area (Å²) < 4.78 is 29.1. The van der Waals surface area contributed by atoms with Crippen LogP contribution < -0.4 is 5.32 Å². The molecule has 2 aromatic heterocycles. The number of anilines is 2. The number of benzene rings is 2. The normalized spacial score (nSPS) is 11.1. The first kappa shape index (κ1) is 19.1. The van der Waals surface area contributed by atoms with Crippen LogP contribution in [0.4, 0.5) is 20.2 Å². The van der Waals surface area contributed by atoms with E-state index in [0.717, 1.165) is 22.9 Å². The predicted molar refractivity (Wildman–Crippen MR) is 110 cm³/mol. The second-order valence-corrected chi connectivity index (χ2v) is 6.95. The second-order valence-electron chi connectivity index (χ2n) is 6.95. The Hall–Kier alpha value is -3.25. The zero-order valence-corrected chi connectivity index (χ0v) is 15.8. The van der Waals surface area contributed by atoms with Crippen molar-refractivity contribution in [3.05, 3.63) is 89.4 Å². The van der Waals surface area contributed by atoms with Gasteiger partial charge in [-0.1, -0.05) is 18.2 Å². The first-order chi connectivity index (χ1) is 14.1. The number of para-hydroxylation sites is 1. The van der Waals surface area contributed by atoms with Crippen molar-refractivity contribution in [2.24, 2.45) is 0 Å². The predicted octanol–water partition coefficient (Wildman–Crippen LogP) is 5.25. The van der Waals surface area contributed by atoms with Gasteiger partial charge in [0.1, 0.15) is 11.6 Å². The highest BCUT2D eigenvalue weighted by atomic mass is 19.1. The van der Waals surface area contributed by atoms with Crippen molar-refractivity contribution in [1.82, 2.24) is 9.97 Å². The van der Waals surface area contributed by atoms with Gasteiger partial charge in [-0.3, -0.25) is 4.98 Å². The molecule has 0 saturated carbocycles. The molecule has 0 spiro atoms. The highest BCUT2D eigenvalue weighted by Crippen LogP contribution is 2.25. The minimum Gasteiger partial charge on any atom is -0.390 e. The average Bonchev–Trinajstić information content (AvgIpc) is 3.13. The summed E-state index contributed by atoms with van der Waals surface area (Å²) in [5, 5.41) is 13.2. The Balaban J connectivity index is 1.44. The molecule has 0 saturated heterocycles. The van der Waals surface area contributed by atoms with Gasteiger partial charge >= 0.3 is 0 Å². The third-order valence-corrected chi connectivity index (χ3v) is 4.96. The SMILES string of the molecule is OCc1cc(Nc2cc(F)c(CCCc3c[nH]c4ccccc34)c(F)c2)ccn1. The molecule has 4 rings (SSSR count). The van der Waals surface area contributed by atoms with Crippen LogP contribution in [0.2, 0.25) is 0 Å². The Kier molecular flexibility index (Phi) is 5.53. The van der Waals surface area contributed by atoms with E-state index in [1.54, 1.807) is 12.1 Å². The number of fused-ring (bicyclic) bond motifs is 1. The van der Waals surface area contributed by atoms with E-state index in [0.29, 0.717) is 29.9 Å². The molecular formula is C23H21F2N3O. The van der Waals surface area contributed by atoms with Crippen LogP contribution in [0.25, 0.3) is 10.9 Å². The summed E-state index contributed by atoms with van der Waals surface area (Å²) in [5.41, 5.74) is 3.71. The number of hydrogen-bond acceptors (Lipinski definition) is 3. The number of aromatic nitrogens is 2. The van der Waals surface area contributed by atoms with E-state index >= 15 is 0 Å². The van der Waals surface area contributed by atoms with Crippen LogP contribution in [-0.2, 0) is 19.4 Å². The third-order valence-electron chi connectivity index (χ3n) is 4.96. The molecule has 4 aromatic rings. The molecule has 0 aliphatic heterocycles. The molecule has 0 bridgehead atoms. The van der Waals surface area contributed by atoms with Gasteiger partial charge in [-0.05, 0) is 55.2 Å². The first-order valence-corrected chi connectivity index (χ1v) is 9.50. The molecule has 0 unspecified atom stereocenters. The maximum absolute atomic E-state index is 14.5. The lowest BCUT2D eigenvalue weighted by atomic mass is 10.0. The van der Waals surface area contributed by atoms with Gasteiger partial charge in [0, 0.05) is 40.2 Å². The number of hydrogen-bond donors (Lipinski definition) is 3. The Morgan fingerprint density at radius 2 is 1.76 bits per heavy atom. The molecule has 0 fully saturated rings. The van der Waals surface area contributed by atoms with Crippen molar-refractivity contribution in [1.29, 1.82) is 0 Å². The fraction of sp³-hybridized carbons (Fsp3) is 0.174. The maximum Gasteiger partial charge on any atom is 0.131 e. The van der Waals surface area contributed by atoms with E-state index < -0.39 is 11.6 Å². The maximum atomic E-state index is 14.5. The van der Waals surface area contributed by atoms with Gasteiger partial charge in [0.15, 0.2) is 0 Å². The number of nitrogens with zero attached hydrogens (tertiary/aromatic N) is 1. The lowest BCUT2D eigenvalue weighted by Crippen LogP contribution is -2.01. The molecule has 29 heavy (non-hydrogen) atoms. The summed E-state index contributed by atoms with van der Waals surface area (Å²) in [6.07, 6.45) is 5.19. The minimum absolute atomic E-state index is 0.0983. The summed E-state index contributed by atoms with van der Waals surface area (Å²) >= 11 is 0. The van der Waals surface area contributed by atoms with E-state index in [1.807, 2.05) is 30.5 Å². The quantitative estimate of drug-likeness (QED) is 0.402. The highest BCUT2D eigenvalue weighted by Gasteiger charge is 2.12. The van der Waals surface area contributed by atoms with E-state index in [9.17, 15) is 8.78 Å². The molecule has 0 atom stereocenters. The molecule has 0 aliphatic rings. The number of halogens is 2. The monoisotopic (exact) mass is 393 g/mol. The number of rotatable bonds is 7. The van der Waals surface area contributed by atoms with Crippen molar-refractivity contribution >= 4 is 22.3 Å². The van der Waals surface area contributed by atoms with Gasteiger partial charge in [0.2, 0.25) is 0 Å². The molecule has 2 heterocycles. The van der Waals surface area contributed by atoms with Crippen LogP contribution in [0.3, 0.4) is 0 Å².